The first-order chi connectivity index (χ1) is 16.8. The quantitative estimate of drug-likeness (QED) is 0.191. The van der Waals surface area contributed by atoms with Crippen LogP contribution in [0.4, 0.5) is 17.1 Å². The van der Waals surface area contributed by atoms with Crippen LogP contribution < -0.4 is 14.8 Å². The number of nitro benzene ring substituents is 2. The van der Waals surface area contributed by atoms with Gasteiger partial charge in [0.1, 0.15) is 11.6 Å². The second kappa shape index (κ2) is 11.1. The van der Waals surface area contributed by atoms with Crippen molar-refractivity contribution in [2.75, 3.05) is 11.9 Å². The molecule has 0 atom stereocenters. The van der Waals surface area contributed by atoms with Crippen LogP contribution in [0.1, 0.15) is 12.5 Å². The number of rotatable bonds is 9. The van der Waals surface area contributed by atoms with Gasteiger partial charge < -0.3 is 14.8 Å². The van der Waals surface area contributed by atoms with Gasteiger partial charge in [-0.3, -0.25) is 25.0 Å². The van der Waals surface area contributed by atoms with Gasteiger partial charge in [0.25, 0.3) is 11.6 Å². The number of non-ortho nitro benzene ring substituents is 1. The second-order valence-electron chi connectivity index (χ2n) is 6.90. The molecule has 0 aliphatic carbocycles. The highest BCUT2D eigenvalue weighted by Crippen LogP contribution is 2.38. The van der Waals surface area contributed by atoms with Crippen LogP contribution in [0.2, 0.25) is 0 Å². The lowest BCUT2D eigenvalue weighted by atomic mass is 10.1. The Bertz CT molecular complexity index is 1350. The number of ether oxygens (including phenoxy) is 2. The largest absolute Gasteiger partial charge is 0.490 e. The van der Waals surface area contributed by atoms with E-state index in [4.69, 9.17) is 9.47 Å². The molecule has 11 heteroatoms. The summed E-state index contributed by atoms with van der Waals surface area (Å²) in [5, 5.41) is 34.4. The Hall–Kier alpha value is -5.24. The van der Waals surface area contributed by atoms with Gasteiger partial charge in [0, 0.05) is 11.8 Å². The molecule has 11 nitrogen and oxygen atoms in total. The SMILES string of the molecule is CCOc1cc(/C=C(/C#N)C(=O)Nc2ccccc2)ccc1Oc1ccc([N+](=O)[O-])cc1[N+](=O)[O-]. The Balaban J connectivity index is 1.91. The first-order valence-electron chi connectivity index (χ1n) is 10.2. The van der Waals surface area contributed by atoms with Crippen molar-refractivity contribution in [1.82, 2.24) is 0 Å². The molecule has 0 saturated carbocycles. The summed E-state index contributed by atoms with van der Waals surface area (Å²) in [5.41, 5.74) is -0.223. The minimum absolute atomic E-state index is 0.105. The molecule has 1 amide bonds. The Morgan fingerprint density at radius 1 is 1.00 bits per heavy atom. The maximum Gasteiger partial charge on any atom is 0.318 e. The van der Waals surface area contributed by atoms with Crippen LogP contribution >= 0.6 is 0 Å². The van der Waals surface area contributed by atoms with Gasteiger partial charge in [0.05, 0.1) is 22.5 Å². The molecular weight excluding hydrogens is 456 g/mol. The summed E-state index contributed by atoms with van der Waals surface area (Å²) >= 11 is 0. The zero-order valence-electron chi connectivity index (χ0n) is 18.3. The molecule has 0 aromatic heterocycles. The lowest BCUT2D eigenvalue weighted by molar-refractivity contribution is -0.394. The molecule has 0 heterocycles. The summed E-state index contributed by atoms with van der Waals surface area (Å²) in [6.07, 6.45) is 1.36. The molecule has 3 rings (SSSR count). The number of nitrogens with one attached hydrogen (secondary N) is 1. The first kappa shape index (κ1) is 24.4. The first-order valence-corrected chi connectivity index (χ1v) is 10.2. The van der Waals surface area contributed by atoms with E-state index in [1.54, 1.807) is 37.3 Å². The monoisotopic (exact) mass is 474 g/mol. The maximum atomic E-state index is 12.5. The van der Waals surface area contributed by atoms with Crippen LogP contribution in [0.5, 0.6) is 17.2 Å². The molecule has 0 unspecified atom stereocenters. The van der Waals surface area contributed by atoms with Crippen LogP contribution in [0.15, 0.2) is 72.3 Å². The fourth-order valence-electron chi connectivity index (χ4n) is 2.97. The van der Waals surface area contributed by atoms with E-state index in [-0.39, 0.29) is 29.4 Å². The molecule has 0 saturated heterocycles. The van der Waals surface area contributed by atoms with Gasteiger partial charge in [-0.15, -0.1) is 0 Å². The summed E-state index contributed by atoms with van der Waals surface area (Å²) in [4.78, 5) is 33.3. The number of anilines is 1. The number of benzene rings is 3. The predicted molar refractivity (Wildman–Crippen MR) is 126 cm³/mol. The number of hydrogen-bond donors (Lipinski definition) is 1. The summed E-state index contributed by atoms with van der Waals surface area (Å²) < 4.78 is 11.2. The zero-order valence-corrected chi connectivity index (χ0v) is 18.3. The van der Waals surface area contributed by atoms with Crippen LogP contribution in [-0.2, 0) is 4.79 Å². The van der Waals surface area contributed by atoms with Gasteiger partial charge in [-0.2, -0.15) is 5.26 Å². The zero-order chi connectivity index (χ0) is 25.4. The molecule has 176 valence electrons. The lowest BCUT2D eigenvalue weighted by Gasteiger charge is -2.12. The molecule has 0 fully saturated rings. The normalized spacial score (nSPS) is 10.7. The summed E-state index contributed by atoms with van der Waals surface area (Å²) in [6, 6.07) is 18.0. The minimum atomic E-state index is -0.787. The van der Waals surface area contributed by atoms with Crippen LogP contribution in [0.3, 0.4) is 0 Å². The molecule has 0 aliphatic heterocycles. The van der Waals surface area contributed by atoms with E-state index in [1.165, 1.54) is 24.3 Å². The van der Waals surface area contributed by atoms with Gasteiger partial charge >= 0.3 is 5.69 Å². The Morgan fingerprint density at radius 3 is 2.34 bits per heavy atom. The second-order valence-corrected chi connectivity index (χ2v) is 6.90. The van der Waals surface area contributed by atoms with Crippen molar-refractivity contribution >= 4 is 29.0 Å². The predicted octanol–water partition coefficient (Wildman–Crippen LogP) is 5.24. The maximum absolute atomic E-state index is 12.5. The van der Waals surface area contributed by atoms with E-state index < -0.39 is 27.1 Å². The van der Waals surface area contributed by atoms with Crippen molar-refractivity contribution in [3.8, 4) is 23.3 Å². The smallest absolute Gasteiger partial charge is 0.318 e. The molecule has 3 aromatic carbocycles. The number of nitriles is 1. The Kier molecular flexibility index (Phi) is 7.71. The van der Waals surface area contributed by atoms with Crippen molar-refractivity contribution in [3.05, 3.63) is 98.1 Å². The summed E-state index contributed by atoms with van der Waals surface area (Å²) in [6.45, 7) is 1.94. The van der Waals surface area contributed by atoms with E-state index in [0.29, 0.717) is 11.3 Å². The van der Waals surface area contributed by atoms with Crippen LogP contribution in [0.25, 0.3) is 6.08 Å². The van der Waals surface area contributed by atoms with Gasteiger partial charge in [-0.25, -0.2) is 0 Å². The van der Waals surface area contributed by atoms with Crippen molar-refractivity contribution < 1.29 is 24.1 Å². The van der Waals surface area contributed by atoms with E-state index in [0.717, 1.165) is 18.2 Å². The topological polar surface area (TPSA) is 158 Å². The molecule has 0 radical (unpaired) electrons. The number of carbonyl (C=O) groups is 1. The van der Waals surface area contributed by atoms with Gasteiger partial charge in [0.2, 0.25) is 5.75 Å². The third-order valence-electron chi connectivity index (χ3n) is 4.55. The Morgan fingerprint density at radius 2 is 1.71 bits per heavy atom. The number of carbonyl (C=O) groups excluding carboxylic acids is 1. The molecular formula is C24H18N4O7. The van der Waals surface area contributed by atoms with Gasteiger partial charge in [-0.1, -0.05) is 24.3 Å². The average Bonchev–Trinajstić information content (AvgIpc) is 2.84. The van der Waals surface area contributed by atoms with Gasteiger partial charge in [-0.05, 0) is 48.9 Å². The van der Waals surface area contributed by atoms with E-state index in [9.17, 15) is 30.3 Å². The van der Waals surface area contributed by atoms with Crippen molar-refractivity contribution in [3.63, 3.8) is 0 Å². The number of amides is 1. The minimum Gasteiger partial charge on any atom is -0.490 e. The molecule has 3 aromatic rings. The number of nitro groups is 2. The molecule has 0 spiro atoms. The van der Waals surface area contributed by atoms with Gasteiger partial charge in [0.15, 0.2) is 11.5 Å². The highest BCUT2D eigenvalue weighted by atomic mass is 16.6. The van der Waals surface area contributed by atoms with Crippen LogP contribution in [-0.4, -0.2) is 22.4 Å². The standard InChI is InChI=1S/C24H18N4O7/c1-2-34-23-13-16(12-17(15-25)24(29)26-18-6-4-3-5-7-18)8-10-22(23)35-21-11-9-19(27(30)31)14-20(21)28(32)33/h3-14H,2H2,1H3,(H,26,29)/b17-12-. The fraction of sp³-hybridized carbons (Fsp3) is 0.0833. The lowest BCUT2D eigenvalue weighted by Crippen LogP contribution is -2.13. The molecule has 0 bridgehead atoms. The average molecular weight is 474 g/mol. The summed E-state index contributed by atoms with van der Waals surface area (Å²) in [5.74, 6) is -0.522. The molecule has 1 N–H and O–H groups in total. The summed E-state index contributed by atoms with van der Waals surface area (Å²) in [7, 11) is 0. The molecule has 0 aliphatic rings. The van der Waals surface area contributed by atoms with Crippen molar-refractivity contribution in [2.24, 2.45) is 0 Å². The molecule has 35 heavy (non-hydrogen) atoms. The third-order valence-corrected chi connectivity index (χ3v) is 4.55. The van der Waals surface area contributed by atoms with Crippen LogP contribution in [0, 0.1) is 31.6 Å². The number of nitrogens with zero attached hydrogens (tertiary/aromatic N) is 3. The Labute approximate surface area is 199 Å². The van der Waals surface area contributed by atoms with E-state index >= 15 is 0 Å². The number of para-hydroxylation sites is 1. The van der Waals surface area contributed by atoms with E-state index in [1.807, 2.05) is 6.07 Å². The number of hydrogen-bond acceptors (Lipinski definition) is 8. The third kappa shape index (κ3) is 6.17. The van der Waals surface area contributed by atoms with Crippen molar-refractivity contribution in [1.29, 1.82) is 5.26 Å². The fourth-order valence-corrected chi connectivity index (χ4v) is 2.97. The highest BCUT2D eigenvalue weighted by Gasteiger charge is 2.22. The van der Waals surface area contributed by atoms with Crippen molar-refractivity contribution in [2.45, 2.75) is 6.92 Å². The highest BCUT2D eigenvalue weighted by molar-refractivity contribution is 6.09. The van der Waals surface area contributed by atoms with E-state index in [2.05, 4.69) is 5.32 Å².